The fourth-order valence-corrected chi connectivity index (χ4v) is 4.87. The van der Waals surface area contributed by atoms with Gasteiger partial charge in [-0.2, -0.15) is 18.4 Å². The summed E-state index contributed by atoms with van der Waals surface area (Å²) in [6.45, 7) is 6.55. The lowest BCUT2D eigenvalue weighted by molar-refractivity contribution is -0.138. The number of ether oxygens (including phenoxy) is 1. The number of carbonyl (C=O) groups is 2. The van der Waals surface area contributed by atoms with Crippen LogP contribution in [0.15, 0.2) is 18.2 Å². The number of alkyl halides is 3. The van der Waals surface area contributed by atoms with E-state index in [1.807, 2.05) is 20.8 Å². The smallest absolute Gasteiger partial charge is 0.416 e. The van der Waals surface area contributed by atoms with Gasteiger partial charge >= 0.3 is 12.3 Å². The molecule has 1 saturated carbocycles. The maximum atomic E-state index is 13.4. The zero-order valence-electron chi connectivity index (χ0n) is 19.9. The average Bonchev–Trinajstić information content (AvgIpc) is 2.76. The summed E-state index contributed by atoms with van der Waals surface area (Å²) in [6, 6.07) is 5.10. The van der Waals surface area contributed by atoms with E-state index in [9.17, 15) is 22.8 Å². The number of hydrogen-bond donors (Lipinski definition) is 1. The van der Waals surface area contributed by atoms with E-state index < -0.39 is 17.3 Å². The molecule has 1 spiro atoms. The van der Waals surface area contributed by atoms with Gasteiger partial charge in [0.25, 0.3) is 0 Å². The van der Waals surface area contributed by atoms with Gasteiger partial charge in [0, 0.05) is 25.6 Å². The van der Waals surface area contributed by atoms with Gasteiger partial charge in [0.2, 0.25) is 5.91 Å². The number of nitrogens with zero attached hydrogens (tertiary/aromatic N) is 2. The molecule has 1 N–H and O–H groups in total. The van der Waals surface area contributed by atoms with Crippen LogP contribution in [0.4, 0.5) is 18.0 Å². The molecule has 2 fully saturated rings. The van der Waals surface area contributed by atoms with E-state index in [0.717, 1.165) is 31.7 Å². The molecule has 0 bridgehead atoms. The molecule has 2 aliphatic rings. The van der Waals surface area contributed by atoms with Crippen LogP contribution >= 0.6 is 0 Å². The van der Waals surface area contributed by atoms with E-state index in [0.29, 0.717) is 25.9 Å². The fraction of sp³-hybridized carbons (Fsp3) is 0.640. The van der Waals surface area contributed by atoms with Gasteiger partial charge in [0.1, 0.15) is 5.60 Å². The first kappa shape index (κ1) is 25.9. The summed E-state index contributed by atoms with van der Waals surface area (Å²) in [7, 11) is 0. The molecule has 9 heteroatoms. The molecule has 1 aromatic carbocycles. The molecule has 0 aromatic heterocycles. The van der Waals surface area contributed by atoms with Crippen LogP contribution in [0.2, 0.25) is 0 Å². The summed E-state index contributed by atoms with van der Waals surface area (Å²) in [5.41, 5.74) is -1.45. The number of amides is 2. The van der Waals surface area contributed by atoms with Gasteiger partial charge in [-0.05, 0) is 82.4 Å². The number of hydrogen-bond acceptors (Lipinski definition) is 4. The number of likely N-dealkylation sites (tertiary alicyclic amines) is 1. The van der Waals surface area contributed by atoms with Gasteiger partial charge in [-0.3, -0.25) is 4.79 Å². The average molecular weight is 480 g/mol. The van der Waals surface area contributed by atoms with Crippen molar-refractivity contribution in [2.75, 3.05) is 13.1 Å². The molecule has 0 radical (unpaired) electrons. The van der Waals surface area contributed by atoms with Crippen molar-refractivity contribution < 1.29 is 27.5 Å². The van der Waals surface area contributed by atoms with Crippen molar-refractivity contribution in [3.05, 3.63) is 34.9 Å². The first-order valence-electron chi connectivity index (χ1n) is 11.7. The second-order valence-corrected chi connectivity index (χ2v) is 10.4. The molecular weight excluding hydrogens is 447 g/mol. The highest BCUT2D eigenvalue weighted by molar-refractivity contribution is 5.78. The lowest BCUT2D eigenvalue weighted by Gasteiger charge is -2.45. The second-order valence-electron chi connectivity index (χ2n) is 10.4. The number of nitrogens with one attached hydrogen (secondary N) is 1. The lowest BCUT2D eigenvalue weighted by atomic mass is 9.65. The van der Waals surface area contributed by atoms with Crippen LogP contribution in [0.1, 0.15) is 76.0 Å². The Morgan fingerprint density at radius 2 is 1.76 bits per heavy atom. The molecule has 1 saturated heterocycles. The van der Waals surface area contributed by atoms with Crippen molar-refractivity contribution >= 4 is 12.0 Å². The molecule has 1 heterocycles. The first-order valence-corrected chi connectivity index (χ1v) is 11.7. The minimum absolute atomic E-state index is 0.0540. The highest BCUT2D eigenvalue weighted by atomic mass is 19.4. The van der Waals surface area contributed by atoms with Crippen LogP contribution in [0.5, 0.6) is 0 Å². The third-order valence-corrected chi connectivity index (χ3v) is 6.89. The van der Waals surface area contributed by atoms with E-state index in [2.05, 4.69) is 5.32 Å². The number of halogens is 3. The number of nitriles is 1. The van der Waals surface area contributed by atoms with Crippen molar-refractivity contribution in [1.82, 2.24) is 10.2 Å². The summed E-state index contributed by atoms with van der Waals surface area (Å²) < 4.78 is 45.5. The highest BCUT2D eigenvalue weighted by Crippen LogP contribution is 2.46. The maximum absolute atomic E-state index is 13.4. The summed E-state index contributed by atoms with van der Waals surface area (Å²) in [5.74, 6) is -0.472. The van der Waals surface area contributed by atoms with E-state index in [-0.39, 0.29) is 41.0 Å². The molecule has 3 rings (SSSR count). The van der Waals surface area contributed by atoms with Gasteiger partial charge in [0.15, 0.2) is 0 Å². The van der Waals surface area contributed by atoms with Crippen molar-refractivity contribution in [3.63, 3.8) is 0 Å². The summed E-state index contributed by atoms with van der Waals surface area (Å²) in [5, 5.41) is 11.5. The zero-order chi connectivity index (χ0) is 25.1. The topological polar surface area (TPSA) is 82.4 Å². The zero-order valence-corrected chi connectivity index (χ0v) is 19.9. The molecule has 1 aliphatic carbocycles. The molecule has 0 atom stereocenters. The second kappa shape index (κ2) is 9.85. The predicted molar refractivity (Wildman–Crippen MR) is 119 cm³/mol. The normalized spacial score (nSPS) is 18.9. The molecule has 186 valence electrons. The minimum Gasteiger partial charge on any atom is -0.444 e. The Kier molecular flexibility index (Phi) is 7.49. The quantitative estimate of drug-likeness (QED) is 0.629. The number of carbonyl (C=O) groups excluding carboxylic acids is 2. The summed E-state index contributed by atoms with van der Waals surface area (Å²) >= 11 is 0. The van der Waals surface area contributed by atoms with Gasteiger partial charge in [-0.1, -0.05) is 6.07 Å². The molecule has 1 aromatic rings. The standard InChI is InChI=1S/C25H32F3N3O3/c1-23(2,3)34-22(33)31-12-10-24(11-13-31)8-6-18(7-9-24)21(32)30-16-19-5-4-17(15-29)14-20(19)25(26,27)28/h4-5,14,18H,6-13,16H2,1-3H3,(H,30,32). The fourth-order valence-electron chi connectivity index (χ4n) is 4.87. The molecule has 6 nitrogen and oxygen atoms in total. The van der Waals surface area contributed by atoms with E-state index in [4.69, 9.17) is 10.00 Å². The lowest BCUT2D eigenvalue weighted by Crippen LogP contribution is -2.47. The Morgan fingerprint density at radius 1 is 1.15 bits per heavy atom. The summed E-state index contributed by atoms with van der Waals surface area (Å²) in [4.78, 5) is 26.7. The Morgan fingerprint density at radius 3 is 2.29 bits per heavy atom. The SMILES string of the molecule is CC(C)(C)OC(=O)N1CCC2(CCC(C(=O)NCc3ccc(C#N)cc3C(F)(F)F)CC2)CC1. The monoisotopic (exact) mass is 479 g/mol. The Hall–Kier alpha value is -2.76. The summed E-state index contributed by atoms with van der Waals surface area (Å²) in [6.07, 6.45) is -0.0954. The molecular formula is C25H32F3N3O3. The van der Waals surface area contributed by atoms with Crippen LogP contribution in [0, 0.1) is 22.7 Å². The maximum Gasteiger partial charge on any atom is 0.416 e. The molecule has 34 heavy (non-hydrogen) atoms. The van der Waals surface area contributed by atoms with Crippen LogP contribution in [0.3, 0.4) is 0 Å². The Labute approximate surface area is 198 Å². The van der Waals surface area contributed by atoms with Crippen LogP contribution < -0.4 is 5.32 Å². The van der Waals surface area contributed by atoms with Crippen LogP contribution in [-0.4, -0.2) is 35.6 Å². The van der Waals surface area contributed by atoms with Gasteiger partial charge in [0.05, 0.1) is 17.2 Å². The van der Waals surface area contributed by atoms with Crippen LogP contribution in [0.25, 0.3) is 0 Å². The highest BCUT2D eigenvalue weighted by Gasteiger charge is 2.41. The number of piperidine rings is 1. The Bertz CT molecular complexity index is 945. The van der Waals surface area contributed by atoms with Crippen molar-refractivity contribution in [3.8, 4) is 6.07 Å². The number of benzene rings is 1. The van der Waals surface area contributed by atoms with Crippen molar-refractivity contribution in [2.45, 2.75) is 77.6 Å². The first-order chi connectivity index (χ1) is 15.8. The van der Waals surface area contributed by atoms with Crippen LogP contribution in [-0.2, 0) is 22.3 Å². The largest absolute Gasteiger partial charge is 0.444 e. The third-order valence-electron chi connectivity index (χ3n) is 6.89. The van der Waals surface area contributed by atoms with E-state index in [1.165, 1.54) is 12.1 Å². The molecule has 0 unspecified atom stereocenters. The van der Waals surface area contributed by atoms with Gasteiger partial charge in [-0.15, -0.1) is 0 Å². The molecule has 2 amide bonds. The minimum atomic E-state index is -4.60. The Balaban J connectivity index is 1.51. The van der Waals surface area contributed by atoms with Gasteiger partial charge in [-0.25, -0.2) is 4.79 Å². The number of rotatable bonds is 3. The van der Waals surface area contributed by atoms with Gasteiger partial charge < -0.3 is 15.0 Å². The van der Waals surface area contributed by atoms with E-state index >= 15 is 0 Å². The molecule has 1 aliphatic heterocycles. The van der Waals surface area contributed by atoms with Crippen molar-refractivity contribution in [2.24, 2.45) is 11.3 Å². The van der Waals surface area contributed by atoms with E-state index in [1.54, 1.807) is 11.0 Å². The predicted octanol–water partition coefficient (Wildman–Crippen LogP) is 5.40. The van der Waals surface area contributed by atoms with Crippen molar-refractivity contribution in [1.29, 1.82) is 5.26 Å². The third kappa shape index (κ3) is 6.43.